The topological polar surface area (TPSA) is 61.6 Å². The van der Waals surface area contributed by atoms with Gasteiger partial charge in [-0.2, -0.15) is 8.78 Å². The normalized spacial score (nSPS) is 11.4. The molecule has 0 aliphatic carbocycles. The van der Waals surface area contributed by atoms with E-state index in [0.717, 1.165) is 0 Å². The van der Waals surface area contributed by atoms with Gasteiger partial charge in [0.25, 0.3) is 0 Å². The molecule has 0 fully saturated rings. The summed E-state index contributed by atoms with van der Waals surface area (Å²) in [6.45, 7) is -3.34. The van der Waals surface area contributed by atoms with Gasteiger partial charge in [-0.05, 0) is 12.1 Å². The molecule has 0 N–H and O–H groups in total. The molecule has 0 aromatic heterocycles. The van der Waals surface area contributed by atoms with Crippen molar-refractivity contribution in [2.75, 3.05) is 0 Å². The molecule has 0 spiro atoms. The summed E-state index contributed by atoms with van der Waals surface area (Å²) in [5.41, 5.74) is -1.06. The van der Waals surface area contributed by atoms with Crippen LogP contribution in [0.5, 0.6) is 11.5 Å². The Kier molecular flexibility index (Phi) is 3.89. The Morgan fingerprint density at radius 3 is 2.33 bits per heavy atom. The lowest BCUT2D eigenvalue weighted by Crippen LogP contribution is -2.17. The first kappa shape index (κ1) is 13.9. The molecule has 18 heavy (non-hydrogen) atoms. The average molecular weight is 273 g/mol. The molecule has 10 heteroatoms. The minimum Gasteiger partial charge on any atom is -0.427 e. The molecule has 0 aliphatic heterocycles. The van der Waals surface area contributed by atoms with E-state index in [0.29, 0.717) is 18.2 Å². The van der Waals surface area contributed by atoms with Crippen LogP contribution in [-0.2, 0) is 0 Å². The molecule has 100 valence electrons. The van der Waals surface area contributed by atoms with E-state index in [1.807, 2.05) is 0 Å². The monoisotopic (exact) mass is 273 g/mol. The van der Waals surface area contributed by atoms with E-state index < -0.39 is 35.1 Å². The van der Waals surface area contributed by atoms with Crippen molar-refractivity contribution in [1.82, 2.24) is 0 Å². The molecule has 1 rings (SSSR count). The number of hydrogen-bond donors (Lipinski definition) is 0. The summed E-state index contributed by atoms with van der Waals surface area (Å²) in [5, 5.41) is 10.5. The fraction of sp³-hybridized carbons (Fsp3) is 0.250. The lowest BCUT2D eigenvalue weighted by molar-refractivity contribution is -0.386. The smallest absolute Gasteiger partial charge is 0.427 e. The molecule has 0 saturated heterocycles. The van der Waals surface area contributed by atoms with E-state index in [9.17, 15) is 32.1 Å². The fourth-order valence-corrected chi connectivity index (χ4v) is 1.03. The van der Waals surface area contributed by atoms with Crippen LogP contribution in [0.1, 0.15) is 0 Å². The van der Waals surface area contributed by atoms with Gasteiger partial charge in [0.1, 0.15) is 5.75 Å². The Labute approximate surface area is 95.9 Å². The van der Waals surface area contributed by atoms with Gasteiger partial charge in [-0.25, -0.2) is 0 Å². The molecule has 0 saturated carbocycles. The van der Waals surface area contributed by atoms with Crippen molar-refractivity contribution in [2.45, 2.75) is 13.0 Å². The number of halogens is 5. The summed E-state index contributed by atoms with van der Waals surface area (Å²) < 4.78 is 66.5. The van der Waals surface area contributed by atoms with Crippen LogP contribution in [0.25, 0.3) is 0 Å². The van der Waals surface area contributed by atoms with Crippen molar-refractivity contribution in [1.29, 1.82) is 0 Å². The molecule has 0 unspecified atom stereocenters. The van der Waals surface area contributed by atoms with Gasteiger partial charge < -0.3 is 9.47 Å². The number of nitro groups is 1. The number of benzene rings is 1. The second-order valence-electron chi connectivity index (χ2n) is 2.81. The third-order valence-corrected chi connectivity index (χ3v) is 1.58. The zero-order valence-corrected chi connectivity index (χ0v) is 8.28. The minimum atomic E-state index is -5.04. The van der Waals surface area contributed by atoms with Crippen LogP contribution in [0.2, 0.25) is 0 Å². The van der Waals surface area contributed by atoms with Crippen molar-refractivity contribution < 1.29 is 36.3 Å². The van der Waals surface area contributed by atoms with Gasteiger partial charge in [0.15, 0.2) is 0 Å². The Morgan fingerprint density at radius 2 is 1.89 bits per heavy atom. The zero-order chi connectivity index (χ0) is 13.9. The summed E-state index contributed by atoms with van der Waals surface area (Å²) in [4.78, 5) is 9.30. The molecule has 0 amide bonds. The van der Waals surface area contributed by atoms with Crippen molar-refractivity contribution in [3.05, 3.63) is 28.3 Å². The summed E-state index contributed by atoms with van der Waals surface area (Å²) in [7, 11) is 0. The van der Waals surface area contributed by atoms with Gasteiger partial charge in [-0.3, -0.25) is 10.1 Å². The minimum absolute atomic E-state index is 0.338. The molecule has 0 atom stereocenters. The number of hydrogen-bond acceptors (Lipinski definition) is 4. The van der Waals surface area contributed by atoms with Gasteiger partial charge in [-0.15, -0.1) is 13.2 Å². The van der Waals surface area contributed by atoms with Gasteiger partial charge in [0, 0.05) is 0 Å². The van der Waals surface area contributed by atoms with Crippen LogP contribution in [0.15, 0.2) is 18.2 Å². The van der Waals surface area contributed by atoms with Crippen LogP contribution in [0, 0.1) is 10.1 Å². The number of nitrogens with zero attached hydrogens (tertiary/aromatic N) is 1. The molecule has 0 heterocycles. The predicted molar refractivity (Wildman–Crippen MR) is 46.4 cm³/mol. The van der Waals surface area contributed by atoms with Crippen LogP contribution < -0.4 is 9.47 Å². The Balaban J connectivity index is 3.07. The molecule has 0 radical (unpaired) electrons. The first-order valence-corrected chi connectivity index (χ1v) is 4.18. The molecule has 0 bridgehead atoms. The zero-order valence-electron chi connectivity index (χ0n) is 8.28. The molecule has 5 nitrogen and oxygen atoms in total. The summed E-state index contributed by atoms with van der Waals surface area (Å²) >= 11 is 0. The van der Waals surface area contributed by atoms with Crippen molar-refractivity contribution in [3.63, 3.8) is 0 Å². The third-order valence-electron chi connectivity index (χ3n) is 1.58. The van der Waals surface area contributed by atoms with E-state index in [4.69, 9.17) is 0 Å². The molecular formula is C8H4F5NO4. The van der Waals surface area contributed by atoms with E-state index in [2.05, 4.69) is 9.47 Å². The molecule has 1 aromatic rings. The van der Waals surface area contributed by atoms with Crippen LogP contribution in [0.4, 0.5) is 27.6 Å². The lowest BCUT2D eigenvalue weighted by Gasteiger charge is -2.10. The Bertz CT molecular complexity index is 448. The number of nitro benzene ring substituents is 1. The SMILES string of the molecule is O=[N+]([O-])c1cc(OC(F)(F)F)ccc1OC(F)F. The van der Waals surface area contributed by atoms with Crippen LogP contribution in [-0.4, -0.2) is 17.9 Å². The standard InChI is InChI=1S/C8H4F5NO4/c9-7(10)17-6-2-1-4(18-8(11,12)13)3-5(6)14(15)16/h1-3,7H. The highest BCUT2D eigenvalue weighted by atomic mass is 19.4. The highest BCUT2D eigenvalue weighted by molar-refractivity contribution is 5.50. The largest absolute Gasteiger partial charge is 0.573 e. The summed E-state index contributed by atoms with van der Waals surface area (Å²) in [5.74, 6) is -1.76. The summed E-state index contributed by atoms with van der Waals surface area (Å²) in [6.07, 6.45) is -5.04. The van der Waals surface area contributed by atoms with Gasteiger partial charge >= 0.3 is 18.7 Å². The average Bonchev–Trinajstić information content (AvgIpc) is 2.17. The van der Waals surface area contributed by atoms with Crippen LogP contribution in [0.3, 0.4) is 0 Å². The lowest BCUT2D eigenvalue weighted by atomic mass is 10.3. The number of alkyl halides is 5. The van der Waals surface area contributed by atoms with Crippen molar-refractivity contribution in [2.24, 2.45) is 0 Å². The van der Waals surface area contributed by atoms with E-state index in [1.165, 1.54) is 0 Å². The summed E-state index contributed by atoms with van der Waals surface area (Å²) in [6, 6.07) is 1.55. The maximum atomic E-state index is 11.9. The highest BCUT2D eigenvalue weighted by Gasteiger charge is 2.32. The van der Waals surface area contributed by atoms with E-state index in [1.54, 1.807) is 0 Å². The van der Waals surface area contributed by atoms with Crippen molar-refractivity contribution >= 4 is 5.69 Å². The molecular weight excluding hydrogens is 269 g/mol. The first-order chi connectivity index (χ1) is 8.19. The van der Waals surface area contributed by atoms with Crippen LogP contribution >= 0.6 is 0 Å². The van der Waals surface area contributed by atoms with Gasteiger partial charge in [0.05, 0.1) is 11.0 Å². The number of ether oxygens (including phenoxy) is 2. The maximum Gasteiger partial charge on any atom is 0.573 e. The van der Waals surface area contributed by atoms with E-state index >= 15 is 0 Å². The number of rotatable bonds is 4. The Morgan fingerprint density at radius 1 is 1.28 bits per heavy atom. The fourth-order valence-electron chi connectivity index (χ4n) is 1.03. The third kappa shape index (κ3) is 4.03. The first-order valence-electron chi connectivity index (χ1n) is 4.18. The van der Waals surface area contributed by atoms with E-state index in [-0.39, 0.29) is 0 Å². The molecule has 0 aliphatic rings. The van der Waals surface area contributed by atoms with Gasteiger partial charge in [0.2, 0.25) is 5.75 Å². The van der Waals surface area contributed by atoms with Gasteiger partial charge in [-0.1, -0.05) is 0 Å². The predicted octanol–water partition coefficient (Wildman–Crippen LogP) is 3.09. The Hall–Kier alpha value is -2.13. The maximum absolute atomic E-state index is 11.9. The second-order valence-corrected chi connectivity index (χ2v) is 2.81. The van der Waals surface area contributed by atoms with Crippen molar-refractivity contribution in [3.8, 4) is 11.5 Å². The molecule has 1 aromatic carbocycles. The quantitative estimate of drug-likeness (QED) is 0.480. The highest BCUT2D eigenvalue weighted by Crippen LogP contribution is 2.34. The second kappa shape index (κ2) is 5.02.